The zero-order valence-corrected chi connectivity index (χ0v) is 21.1. The van der Waals surface area contributed by atoms with E-state index in [9.17, 15) is 9.59 Å². The molecule has 0 spiro atoms. The zero-order chi connectivity index (χ0) is 24.7. The average Bonchev–Trinajstić information content (AvgIpc) is 3.71. The number of hydrogen-bond acceptors (Lipinski definition) is 5. The van der Waals surface area contributed by atoms with Gasteiger partial charge in [0.1, 0.15) is 5.75 Å². The molecule has 9 heteroatoms. The number of carbonyl (C=O) groups is 1. The first-order valence-electron chi connectivity index (χ1n) is 11.7. The Labute approximate surface area is 213 Å². The highest BCUT2D eigenvalue weighted by Gasteiger charge is 2.31. The van der Waals surface area contributed by atoms with Crippen molar-refractivity contribution in [2.75, 3.05) is 19.0 Å². The average molecular weight is 513 g/mol. The van der Waals surface area contributed by atoms with Gasteiger partial charge in [-0.3, -0.25) is 9.59 Å². The summed E-state index contributed by atoms with van der Waals surface area (Å²) in [5.74, 6) is 1.43. The Kier molecular flexibility index (Phi) is 6.47. The number of benzene rings is 2. The summed E-state index contributed by atoms with van der Waals surface area (Å²) in [4.78, 5) is 33.5. The lowest BCUT2D eigenvalue weighted by atomic mass is 10.0. The number of carbonyl (C=O) groups excluding carboxylic acids is 1. The molecule has 0 bridgehead atoms. The predicted molar refractivity (Wildman–Crippen MR) is 137 cm³/mol. The molecule has 7 nitrogen and oxygen atoms in total. The third-order valence-electron chi connectivity index (χ3n) is 6.70. The molecule has 1 aromatic heterocycles. The SMILES string of the molecule is COc1ccccc1-n1c(NC(C)C2CC2)nc2c(c1=O)CCN(C(=O)c1ccc(Cl)c(Cl)c1)C2. The van der Waals surface area contributed by atoms with Crippen LogP contribution in [0.25, 0.3) is 5.69 Å². The quantitative estimate of drug-likeness (QED) is 0.505. The summed E-state index contributed by atoms with van der Waals surface area (Å²) in [6.45, 7) is 2.75. The number of para-hydroxylation sites is 2. The molecule has 1 unspecified atom stereocenters. The van der Waals surface area contributed by atoms with Crippen LogP contribution in [0.5, 0.6) is 5.75 Å². The van der Waals surface area contributed by atoms with E-state index in [1.54, 1.807) is 34.8 Å². The van der Waals surface area contributed by atoms with E-state index in [0.717, 1.165) is 12.8 Å². The molecule has 5 rings (SSSR count). The lowest BCUT2D eigenvalue weighted by Gasteiger charge is -2.30. The van der Waals surface area contributed by atoms with Crippen molar-refractivity contribution in [3.63, 3.8) is 0 Å². The van der Waals surface area contributed by atoms with E-state index < -0.39 is 0 Å². The molecule has 0 saturated heterocycles. The Morgan fingerprint density at radius 1 is 1.17 bits per heavy atom. The molecule has 1 fully saturated rings. The van der Waals surface area contributed by atoms with Crippen molar-refractivity contribution in [2.45, 2.75) is 38.8 Å². The maximum atomic E-state index is 13.8. The van der Waals surface area contributed by atoms with Crippen molar-refractivity contribution in [1.82, 2.24) is 14.5 Å². The van der Waals surface area contributed by atoms with Crippen LogP contribution < -0.4 is 15.6 Å². The third-order valence-corrected chi connectivity index (χ3v) is 7.44. The van der Waals surface area contributed by atoms with Crippen LogP contribution in [0.3, 0.4) is 0 Å². The predicted octanol–water partition coefficient (Wildman–Crippen LogP) is 4.96. The zero-order valence-electron chi connectivity index (χ0n) is 19.6. The van der Waals surface area contributed by atoms with E-state index in [-0.39, 0.29) is 24.1 Å². The van der Waals surface area contributed by atoms with E-state index in [1.807, 2.05) is 24.3 Å². The molecule has 0 radical (unpaired) electrons. The minimum atomic E-state index is -0.175. The van der Waals surface area contributed by atoms with Gasteiger partial charge in [0.05, 0.1) is 35.1 Å². The molecule has 3 aromatic rings. The minimum absolute atomic E-state index is 0.147. The molecule has 1 atom stereocenters. The highest BCUT2D eigenvalue weighted by Crippen LogP contribution is 2.34. The molecule has 2 aliphatic rings. The summed E-state index contributed by atoms with van der Waals surface area (Å²) in [6.07, 6.45) is 2.72. The van der Waals surface area contributed by atoms with Gasteiger partial charge < -0.3 is 15.0 Å². The van der Waals surface area contributed by atoms with Crippen LogP contribution in [0.2, 0.25) is 10.0 Å². The Balaban J connectivity index is 1.54. The second-order valence-electron chi connectivity index (χ2n) is 9.05. The van der Waals surface area contributed by atoms with Crippen LogP contribution in [-0.4, -0.2) is 40.1 Å². The third kappa shape index (κ3) is 4.62. The molecule has 1 aliphatic carbocycles. The smallest absolute Gasteiger partial charge is 0.263 e. The first kappa shape index (κ1) is 23.7. The van der Waals surface area contributed by atoms with Gasteiger partial charge in [-0.2, -0.15) is 0 Å². The molecule has 2 aromatic carbocycles. The molecule has 2 heterocycles. The van der Waals surface area contributed by atoms with E-state index in [4.69, 9.17) is 32.9 Å². The minimum Gasteiger partial charge on any atom is -0.495 e. The molecule has 1 amide bonds. The Morgan fingerprint density at radius 3 is 2.66 bits per heavy atom. The molecule has 1 N–H and O–H groups in total. The van der Waals surface area contributed by atoms with Crippen LogP contribution in [0.15, 0.2) is 47.3 Å². The van der Waals surface area contributed by atoms with Crippen molar-refractivity contribution < 1.29 is 9.53 Å². The van der Waals surface area contributed by atoms with Crippen LogP contribution >= 0.6 is 23.2 Å². The molecular formula is C26H26Cl2N4O3. The van der Waals surface area contributed by atoms with Gasteiger partial charge in [-0.15, -0.1) is 0 Å². The molecular weight excluding hydrogens is 487 g/mol. The van der Waals surface area contributed by atoms with Crippen molar-refractivity contribution in [2.24, 2.45) is 5.92 Å². The first-order valence-corrected chi connectivity index (χ1v) is 12.4. The van der Waals surface area contributed by atoms with Crippen molar-refractivity contribution >= 4 is 35.1 Å². The summed E-state index contributed by atoms with van der Waals surface area (Å²) < 4.78 is 7.15. The highest BCUT2D eigenvalue weighted by molar-refractivity contribution is 6.42. The lowest BCUT2D eigenvalue weighted by Crippen LogP contribution is -2.41. The molecule has 1 aliphatic heterocycles. The summed E-state index contributed by atoms with van der Waals surface area (Å²) >= 11 is 12.1. The van der Waals surface area contributed by atoms with E-state index in [1.165, 1.54) is 0 Å². The number of nitrogens with zero attached hydrogens (tertiary/aromatic N) is 3. The van der Waals surface area contributed by atoms with Crippen molar-refractivity contribution in [3.8, 4) is 11.4 Å². The fraction of sp³-hybridized carbons (Fsp3) is 0.346. The Hall–Kier alpha value is -3.03. The van der Waals surface area contributed by atoms with Gasteiger partial charge in [-0.05, 0) is 62.4 Å². The summed E-state index contributed by atoms with van der Waals surface area (Å²) in [6, 6.07) is 12.4. The second kappa shape index (κ2) is 9.55. The monoisotopic (exact) mass is 512 g/mol. The summed E-state index contributed by atoms with van der Waals surface area (Å²) in [5, 5.41) is 4.19. The van der Waals surface area contributed by atoms with Crippen LogP contribution in [0.4, 0.5) is 5.95 Å². The van der Waals surface area contributed by atoms with Crippen LogP contribution in [0.1, 0.15) is 41.4 Å². The number of amides is 1. The Morgan fingerprint density at radius 2 is 1.94 bits per heavy atom. The first-order chi connectivity index (χ1) is 16.9. The van der Waals surface area contributed by atoms with E-state index in [2.05, 4.69) is 12.2 Å². The number of anilines is 1. The number of hydrogen-bond donors (Lipinski definition) is 1. The maximum absolute atomic E-state index is 13.8. The second-order valence-corrected chi connectivity index (χ2v) is 9.86. The molecule has 35 heavy (non-hydrogen) atoms. The maximum Gasteiger partial charge on any atom is 0.263 e. The van der Waals surface area contributed by atoms with Crippen LogP contribution in [0, 0.1) is 5.92 Å². The standard InChI is InChI=1S/C26H26Cl2N4O3/c1-15(16-7-8-16)29-26-30-21-14-31(24(33)17-9-10-19(27)20(28)13-17)12-11-18(21)25(34)32(26)22-5-3-4-6-23(22)35-2/h3-6,9-10,13,15-16H,7-8,11-12,14H2,1-2H3,(H,29,30). The van der Waals surface area contributed by atoms with E-state index in [0.29, 0.717) is 63.1 Å². The topological polar surface area (TPSA) is 76.5 Å². The number of ether oxygens (including phenoxy) is 1. The van der Waals surface area contributed by atoms with Crippen LogP contribution in [-0.2, 0) is 13.0 Å². The number of nitrogens with one attached hydrogen (secondary N) is 1. The van der Waals surface area contributed by atoms with Crippen molar-refractivity contribution in [3.05, 3.63) is 79.7 Å². The number of aromatic nitrogens is 2. The van der Waals surface area contributed by atoms with Crippen molar-refractivity contribution in [1.29, 1.82) is 0 Å². The number of halogens is 2. The van der Waals surface area contributed by atoms with Gasteiger partial charge in [-0.25, -0.2) is 9.55 Å². The van der Waals surface area contributed by atoms with Gasteiger partial charge in [-0.1, -0.05) is 35.3 Å². The normalized spacial score (nSPS) is 15.9. The van der Waals surface area contributed by atoms with E-state index >= 15 is 0 Å². The number of rotatable bonds is 6. The Bertz CT molecular complexity index is 1350. The summed E-state index contributed by atoms with van der Waals surface area (Å²) in [7, 11) is 1.59. The molecule has 182 valence electrons. The number of fused-ring (bicyclic) bond motifs is 1. The molecule has 1 saturated carbocycles. The van der Waals surface area contributed by atoms with Gasteiger partial charge in [0.2, 0.25) is 5.95 Å². The number of methoxy groups -OCH3 is 1. The summed E-state index contributed by atoms with van der Waals surface area (Å²) in [5.41, 5.74) is 2.15. The fourth-order valence-corrected chi connectivity index (χ4v) is 4.82. The fourth-order valence-electron chi connectivity index (χ4n) is 4.53. The van der Waals surface area contributed by atoms with Gasteiger partial charge >= 0.3 is 0 Å². The highest BCUT2D eigenvalue weighted by atomic mass is 35.5. The largest absolute Gasteiger partial charge is 0.495 e. The van der Waals surface area contributed by atoms with Gasteiger partial charge in [0, 0.05) is 23.7 Å². The lowest BCUT2D eigenvalue weighted by molar-refractivity contribution is 0.0731. The van der Waals surface area contributed by atoms with Gasteiger partial charge in [0.25, 0.3) is 11.5 Å². The van der Waals surface area contributed by atoms with Gasteiger partial charge in [0.15, 0.2) is 0 Å².